The summed E-state index contributed by atoms with van der Waals surface area (Å²) in [6, 6.07) is 17.8. The molecule has 0 fully saturated rings. The molecule has 0 saturated heterocycles. The molecule has 0 saturated carbocycles. The predicted molar refractivity (Wildman–Crippen MR) is 97.6 cm³/mol. The second kappa shape index (κ2) is 7.70. The van der Waals surface area contributed by atoms with Gasteiger partial charge in [-0.1, -0.05) is 24.3 Å². The van der Waals surface area contributed by atoms with Crippen LogP contribution in [0.5, 0.6) is 0 Å². The Balaban J connectivity index is 1.97. The van der Waals surface area contributed by atoms with Gasteiger partial charge in [-0.2, -0.15) is 0 Å². The van der Waals surface area contributed by atoms with E-state index in [0.717, 1.165) is 0 Å². The average molecular weight is 348 g/mol. The molecule has 1 amide bonds. The van der Waals surface area contributed by atoms with Gasteiger partial charge in [0.25, 0.3) is 5.91 Å². The van der Waals surface area contributed by atoms with Crippen LogP contribution >= 0.6 is 0 Å². The molecule has 0 bridgehead atoms. The van der Waals surface area contributed by atoms with Crippen molar-refractivity contribution in [2.45, 2.75) is 12.8 Å². The molecular weight excluding hydrogens is 331 g/mol. The van der Waals surface area contributed by atoms with Crippen LogP contribution in [0.2, 0.25) is 0 Å². The number of hydrogen-bond donors (Lipinski definition) is 1. The average Bonchev–Trinajstić information content (AvgIpc) is 2.65. The van der Waals surface area contributed by atoms with Crippen molar-refractivity contribution in [2.24, 2.45) is 0 Å². The first-order chi connectivity index (χ1) is 12.6. The van der Waals surface area contributed by atoms with Crippen molar-refractivity contribution in [3.05, 3.63) is 95.6 Å². The van der Waals surface area contributed by atoms with Gasteiger partial charge in [0.2, 0.25) is 0 Å². The highest BCUT2D eigenvalue weighted by Gasteiger charge is 2.25. The van der Waals surface area contributed by atoms with E-state index in [9.17, 15) is 14.0 Å². The van der Waals surface area contributed by atoms with Crippen LogP contribution in [0.4, 0.5) is 10.1 Å². The molecule has 3 aromatic rings. The van der Waals surface area contributed by atoms with Gasteiger partial charge in [0.1, 0.15) is 11.6 Å². The summed E-state index contributed by atoms with van der Waals surface area (Å²) in [6.45, 7) is 1.48. The summed E-state index contributed by atoms with van der Waals surface area (Å²) < 4.78 is 13.0. The highest BCUT2D eigenvalue weighted by Crippen LogP contribution is 2.27. The lowest BCUT2D eigenvalue weighted by Crippen LogP contribution is -2.19. The third-order valence-corrected chi connectivity index (χ3v) is 4.01. The fraction of sp³-hybridized carbons (Fsp3) is 0.0952. The molecule has 0 spiro atoms. The lowest BCUT2D eigenvalue weighted by molar-refractivity contribution is -0.117. The lowest BCUT2D eigenvalue weighted by atomic mass is 9.88. The highest BCUT2D eigenvalue weighted by atomic mass is 19.1. The van der Waals surface area contributed by atoms with Crippen LogP contribution in [0, 0.1) is 5.82 Å². The molecule has 1 unspecified atom stereocenters. The quantitative estimate of drug-likeness (QED) is 0.752. The van der Waals surface area contributed by atoms with E-state index in [2.05, 4.69) is 10.3 Å². The first-order valence-electron chi connectivity index (χ1n) is 8.13. The molecule has 1 N–H and O–H groups in total. The molecule has 0 aliphatic carbocycles. The SMILES string of the molecule is CC(=O)C(c1ccccn1)c1ccccc1C(=O)Nc1ccc(F)cc1. The van der Waals surface area contributed by atoms with E-state index in [0.29, 0.717) is 22.5 Å². The summed E-state index contributed by atoms with van der Waals surface area (Å²) >= 11 is 0. The van der Waals surface area contributed by atoms with Crippen molar-refractivity contribution in [1.29, 1.82) is 0 Å². The second-order valence-electron chi connectivity index (χ2n) is 5.85. The number of pyridine rings is 1. The normalized spacial score (nSPS) is 11.6. The van der Waals surface area contributed by atoms with Crippen LogP contribution in [0.3, 0.4) is 0 Å². The Morgan fingerprint density at radius 1 is 0.962 bits per heavy atom. The number of hydrogen-bond acceptors (Lipinski definition) is 3. The van der Waals surface area contributed by atoms with Crippen molar-refractivity contribution >= 4 is 17.4 Å². The fourth-order valence-electron chi connectivity index (χ4n) is 2.82. The zero-order valence-electron chi connectivity index (χ0n) is 14.1. The van der Waals surface area contributed by atoms with Crippen molar-refractivity contribution in [3.63, 3.8) is 0 Å². The summed E-state index contributed by atoms with van der Waals surface area (Å²) in [4.78, 5) is 29.3. The van der Waals surface area contributed by atoms with E-state index in [4.69, 9.17) is 0 Å². The molecule has 3 rings (SSSR count). The van der Waals surface area contributed by atoms with Gasteiger partial charge in [0.15, 0.2) is 0 Å². The standard InChI is InChI=1S/C21H17FN2O2/c1-14(25)20(19-8-4-5-13-23-19)17-6-2-3-7-18(17)21(26)24-16-11-9-15(22)10-12-16/h2-13,20H,1H3,(H,24,26). The zero-order valence-corrected chi connectivity index (χ0v) is 14.1. The number of Topliss-reactive ketones (excluding diaryl/α,β-unsaturated/α-hetero) is 1. The maximum absolute atomic E-state index is 13.0. The first kappa shape index (κ1) is 17.5. The van der Waals surface area contributed by atoms with E-state index in [1.54, 1.807) is 48.7 Å². The molecule has 130 valence electrons. The molecule has 0 aliphatic heterocycles. The maximum atomic E-state index is 13.0. The molecule has 4 nitrogen and oxygen atoms in total. The Kier molecular flexibility index (Phi) is 5.17. The number of nitrogens with zero attached hydrogens (tertiary/aromatic N) is 1. The Morgan fingerprint density at radius 2 is 1.65 bits per heavy atom. The van der Waals surface area contributed by atoms with Gasteiger partial charge in [-0.05, 0) is 55.0 Å². The van der Waals surface area contributed by atoms with Crippen molar-refractivity contribution in [2.75, 3.05) is 5.32 Å². The van der Waals surface area contributed by atoms with E-state index in [1.807, 2.05) is 0 Å². The number of carbonyl (C=O) groups excluding carboxylic acids is 2. The van der Waals surface area contributed by atoms with Gasteiger partial charge in [0.05, 0.1) is 11.6 Å². The number of aromatic nitrogens is 1. The molecule has 1 aromatic heterocycles. The third-order valence-electron chi connectivity index (χ3n) is 4.01. The van der Waals surface area contributed by atoms with Crippen molar-refractivity contribution in [3.8, 4) is 0 Å². The van der Waals surface area contributed by atoms with Gasteiger partial charge >= 0.3 is 0 Å². The number of benzene rings is 2. The molecule has 26 heavy (non-hydrogen) atoms. The molecule has 5 heteroatoms. The summed E-state index contributed by atoms with van der Waals surface area (Å²) in [5.74, 6) is -1.48. The minimum Gasteiger partial charge on any atom is -0.322 e. The summed E-state index contributed by atoms with van der Waals surface area (Å²) in [5, 5.41) is 2.73. The summed E-state index contributed by atoms with van der Waals surface area (Å²) in [5.41, 5.74) is 2.02. The van der Waals surface area contributed by atoms with E-state index in [-0.39, 0.29) is 17.5 Å². The van der Waals surface area contributed by atoms with Crippen LogP contribution in [-0.4, -0.2) is 16.7 Å². The summed E-state index contributed by atoms with van der Waals surface area (Å²) in [6.07, 6.45) is 1.62. The molecule has 0 aliphatic rings. The minimum absolute atomic E-state index is 0.106. The number of carbonyl (C=O) groups is 2. The van der Waals surface area contributed by atoms with E-state index in [1.165, 1.54) is 31.2 Å². The van der Waals surface area contributed by atoms with Crippen LogP contribution in [0.15, 0.2) is 72.9 Å². The fourth-order valence-corrected chi connectivity index (χ4v) is 2.82. The molecule has 2 aromatic carbocycles. The smallest absolute Gasteiger partial charge is 0.255 e. The molecular formula is C21H17FN2O2. The van der Waals surface area contributed by atoms with Crippen molar-refractivity contribution < 1.29 is 14.0 Å². The second-order valence-corrected chi connectivity index (χ2v) is 5.85. The number of amides is 1. The molecule has 1 atom stereocenters. The van der Waals surface area contributed by atoms with Crippen LogP contribution in [0.25, 0.3) is 0 Å². The van der Waals surface area contributed by atoms with Gasteiger partial charge in [-0.3, -0.25) is 14.6 Å². The Bertz CT molecular complexity index is 924. The van der Waals surface area contributed by atoms with E-state index < -0.39 is 5.92 Å². The van der Waals surface area contributed by atoms with Crippen molar-refractivity contribution in [1.82, 2.24) is 4.98 Å². The third kappa shape index (κ3) is 3.83. The minimum atomic E-state index is -0.633. The topological polar surface area (TPSA) is 59.1 Å². The lowest BCUT2D eigenvalue weighted by Gasteiger charge is -2.17. The molecule has 1 heterocycles. The monoisotopic (exact) mass is 348 g/mol. The molecule has 0 radical (unpaired) electrons. The highest BCUT2D eigenvalue weighted by molar-refractivity contribution is 6.06. The Morgan fingerprint density at radius 3 is 2.31 bits per heavy atom. The Labute approximate surface area is 150 Å². The Hall–Kier alpha value is -3.34. The number of rotatable bonds is 5. The summed E-state index contributed by atoms with van der Waals surface area (Å²) in [7, 11) is 0. The number of halogens is 1. The zero-order chi connectivity index (χ0) is 18.5. The van der Waals surface area contributed by atoms with E-state index >= 15 is 0 Å². The number of ketones is 1. The number of anilines is 1. The van der Waals surface area contributed by atoms with Crippen LogP contribution in [-0.2, 0) is 4.79 Å². The maximum Gasteiger partial charge on any atom is 0.255 e. The first-order valence-corrected chi connectivity index (χ1v) is 8.13. The predicted octanol–water partition coefficient (Wildman–Crippen LogP) is 4.19. The van der Waals surface area contributed by atoms with Crippen LogP contribution < -0.4 is 5.32 Å². The van der Waals surface area contributed by atoms with Gasteiger partial charge < -0.3 is 5.32 Å². The van der Waals surface area contributed by atoms with Gasteiger partial charge in [0, 0.05) is 17.4 Å². The van der Waals surface area contributed by atoms with Crippen LogP contribution in [0.1, 0.15) is 34.5 Å². The largest absolute Gasteiger partial charge is 0.322 e. The number of nitrogens with one attached hydrogen (secondary N) is 1. The van der Waals surface area contributed by atoms with Gasteiger partial charge in [-0.15, -0.1) is 0 Å². The van der Waals surface area contributed by atoms with Gasteiger partial charge in [-0.25, -0.2) is 4.39 Å².